The summed E-state index contributed by atoms with van der Waals surface area (Å²) in [7, 11) is 0. The standard InChI is InChI=1S/C63H82N18O11/c1-4-68-61(91)52-18-11-23-81(52)62(92)45(17-10-22-69-63(64)65)74-55(85)46(24-35(2)3)75-57(87)48(26-37-30-70-42-15-7-5-13-40(37)42)77-56(86)47(25-36-12-9-21-66-29-36)76-60(90)51(33-82)80-58(88)49(27-38-31-71-43-16-8-6-14-41(38)43)78-59(89)50(28-39-32-67-34-72-39)79-54(84)44-19-20-53(83)73-44/h5-9,12-16,21,29-32,34-35,44-52,70-71,82H,4,10-11,17-20,22-28,33H2,1-3H3,(H,67,72)(H,68,91)(H,73,83)(H,74,85)(H,75,87)(H,76,90)(H,77,86)(H,78,89)(H,79,84)(H,80,88)(H4,64,65,69)/t44-,45-,46-,47-,48+,49-,50-,51-,52-/m0/s1. The fourth-order valence-corrected chi connectivity index (χ4v) is 11.4. The number of pyridine rings is 1. The van der Waals surface area contributed by atoms with E-state index in [1.807, 2.05) is 50.2 Å². The number of guanidine groups is 1. The molecule has 2 aliphatic rings. The summed E-state index contributed by atoms with van der Waals surface area (Å²) in [5.41, 5.74) is 14.7. The third-order valence-corrected chi connectivity index (χ3v) is 16.1. The van der Waals surface area contributed by atoms with E-state index in [0.29, 0.717) is 47.2 Å². The highest BCUT2D eigenvalue weighted by molar-refractivity contribution is 6.00. The van der Waals surface area contributed by atoms with Gasteiger partial charge in [0.2, 0.25) is 59.1 Å². The van der Waals surface area contributed by atoms with Crippen LogP contribution >= 0.6 is 0 Å². The molecule has 0 radical (unpaired) electrons. The van der Waals surface area contributed by atoms with Gasteiger partial charge in [-0.25, -0.2) is 4.98 Å². The number of aromatic amines is 3. The largest absolute Gasteiger partial charge is 0.394 e. The van der Waals surface area contributed by atoms with E-state index < -0.39 is 108 Å². The summed E-state index contributed by atoms with van der Waals surface area (Å²) in [6.45, 7) is 5.21. The molecule has 0 bridgehead atoms. The van der Waals surface area contributed by atoms with Crippen molar-refractivity contribution in [3.8, 4) is 0 Å². The first-order chi connectivity index (χ1) is 44.3. The van der Waals surface area contributed by atoms with Crippen molar-refractivity contribution >= 4 is 86.8 Å². The fourth-order valence-electron chi connectivity index (χ4n) is 11.4. The normalized spacial score (nSPS) is 16.8. The van der Waals surface area contributed by atoms with E-state index in [1.54, 1.807) is 43.6 Å². The van der Waals surface area contributed by atoms with Crippen LogP contribution in [0.5, 0.6) is 0 Å². The molecule has 0 spiro atoms. The summed E-state index contributed by atoms with van der Waals surface area (Å²) in [4.78, 5) is 164. The van der Waals surface area contributed by atoms with E-state index >= 15 is 9.59 Å². The molecule has 2 aliphatic heterocycles. The number of rotatable bonds is 32. The van der Waals surface area contributed by atoms with Gasteiger partial charge < -0.3 is 84.3 Å². The van der Waals surface area contributed by atoms with Crippen molar-refractivity contribution in [2.45, 2.75) is 146 Å². The Hall–Kier alpha value is -10.2. The Balaban J connectivity index is 1.04. The Kier molecular flexibility index (Phi) is 23.9. The van der Waals surface area contributed by atoms with E-state index in [-0.39, 0.29) is 94.6 Å². The van der Waals surface area contributed by atoms with Gasteiger partial charge in [0, 0.05) is 110 Å². The minimum Gasteiger partial charge on any atom is -0.394 e. The number of likely N-dealkylation sites (tertiary alicyclic amines) is 1. The lowest BCUT2D eigenvalue weighted by Gasteiger charge is -2.30. The number of imidazole rings is 1. The number of aliphatic hydroxyl groups excluding tert-OH is 1. The van der Waals surface area contributed by atoms with Crippen molar-refractivity contribution in [3.63, 3.8) is 0 Å². The molecule has 4 aromatic heterocycles. The van der Waals surface area contributed by atoms with Gasteiger partial charge in [0.15, 0.2) is 5.96 Å². The summed E-state index contributed by atoms with van der Waals surface area (Å²) >= 11 is 0. The third-order valence-electron chi connectivity index (χ3n) is 16.1. The number of aliphatic hydroxyl groups is 1. The number of aromatic nitrogens is 5. The number of hydrogen-bond donors (Lipinski definition) is 15. The van der Waals surface area contributed by atoms with Gasteiger partial charge in [-0.2, -0.15) is 0 Å². The van der Waals surface area contributed by atoms with E-state index in [1.165, 1.54) is 29.8 Å². The second-order valence-corrected chi connectivity index (χ2v) is 23.4. The Morgan fingerprint density at radius 3 is 1.76 bits per heavy atom. The van der Waals surface area contributed by atoms with Crippen LogP contribution in [-0.4, -0.2) is 181 Å². The summed E-state index contributed by atoms with van der Waals surface area (Å²) in [6.07, 6.45) is 10.3. The number of nitrogens with two attached hydrogens (primary N) is 2. The van der Waals surface area contributed by atoms with Gasteiger partial charge in [-0.15, -0.1) is 0 Å². The van der Waals surface area contributed by atoms with Crippen LogP contribution in [0, 0.1) is 5.92 Å². The van der Waals surface area contributed by atoms with Crippen molar-refractivity contribution in [2.24, 2.45) is 22.4 Å². The zero-order chi connectivity index (χ0) is 65.8. The molecule has 490 valence electrons. The number of carbonyl (C=O) groups is 10. The van der Waals surface area contributed by atoms with Crippen LogP contribution in [-0.2, 0) is 73.6 Å². The van der Waals surface area contributed by atoms with Crippen LogP contribution in [0.1, 0.15) is 88.1 Å². The minimum atomic E-state index is -1.76. The number of nitrogens with zero attached hydrogens (tertiary/aromatic N) is 4. The van der Waals surface area contributed by atoms with Gasteiger partial charge in [-0.3, -0.25) is 57.9 Å². The molecule has 10 amide bonds. The molecule has 0 saturated carbocycles. The zero-order valence-electron chi connectivity index (χ0n) is 51.6. The monoisotopic (exact) mass is 1270 g/mol. The highest BCUT2D eigenvalue weighted by Gasteiger charge is 2.40. The molecule has 17 N–H and O–H groups in total. The van der Waals surface area contributed by atoms with Crippen molar-refractivity contribution in [3.05, 3.63) is 120 Å². The molecular weight excluding hydrogens is 1180 g/mol. The van der Waals surface area contributed by atoms with Crippen LogP contribution in [0.4, 0.5) is 0 Å². The van der Waals surface area contributed by atoms with Gasteiger partial charge >= 0.3 is 0 Å². The van der Waals surface area contributed by atoms with E-state index in [9.17, 15) is 43.5 Å². The van der Waals surface area contributed by atoms with Gasteiger partial charge in [0.05, 0.1) is 12.9 Å². The Labute approximate surface area is 530 Å². The topological polar surface area (TPSA) is 440 Å². The molecule has 2 aromatic carbocycles. The summed E-state index contributed by atoms with van der Waals surface area (Å²) < 4.78 is 0. The SMILES string of the molecule is CCNC(=O)[C@@H]1CCCN1C(=O)[C@H](CCCN=C(N)N)NC(=O)[C@H](CC(C)C)NC(=O)[C@@H](Cc1c[nH]c2ccccc12)NC(=O)[C@H](Cc1cccnc1)NC(=O)[C@H](CO)NC(=O)[C@H](Cc1c[nH]c2ccccc12)NC(=O)[C@H](Cc1cnc[nH]1)NC(=O)[C@@H]1CCC(=O)N1. The minimum absolute atomic E-state index is 0.0767. The molecule has 6 aromatic rings. The number of benzene rings is 2. The molecular formula is C63H82N18O11. The molecule has 0 unspecified atom stereocenters. The molecule has 2 saturated heterocycles. The van der Waals surface area contributed by atoms with Crippen LogP contribution in [0.25, 0.3) is 21.8 Å². The lowest BCUT2D eigenvalue weighted by atomic mass is 9.99. The van der Waals surface area contributed by atoms with E-state index in [0.717, 1.165) is 16.4 Å². The molecule has 6 heterocycles. The van der Waals surface area contributed by atoms with E-state index in [4.69, 9.17) is 11.5 Å². The number of fused-ring (bicyclic) bond motifs is 2. The maximum absolute atomic E-state index is 15.1. The van der Waals surface area contributed by atoms with Crippen molar-refractivity contribution in [1.82, 2.24) is 77.7 Å². The van der Waals surface area contributed by atoms with Crippen molar-refractivity contribution in [1.29, 1.82) is 0 Å². The number of para-hydroxylation sites is 2. The second-order valence-electron chi connectivity index (χ2n) is 23.4. The third kappa shape index (κ3) is 18.5. The number of hydrogen-bond acceptors (Lipinski definition) is 14. The Morgan fingerprint density at radius 2 is 1.22 bits per heavy atom. The highest BCUT2D eigenvalue weighted by Crippen LogP contribution is 2.23. The first kappa shape index (κ1) is 67.7. The summed E-state index contributed by atoms with van der Waals surface area (Å²) in [5, 5.41) is 36.9. The van der Waals surface area contributed by atoms with Gasteiger partial charge in [0.1, 0.15) is 54.4 Å². The van der Waals surface area contributed by atoms with E-state index in [2.05, 4.69) is 77.8 Å². The molecule has 2 fully saturated rings. The van der Waals surface area contributed by atoms with Gasteiger partial charge in [-0.1, -0.05) is 56.3 Å². The average molecular weight is 1270 g/mol. The number of aliphatic imine (C=N–C) groups is 1. The predicted molar refractivity (Wildman–Crippen MR) is 339 cm³/mol. The van der Waals surface area contributed by atoms with Crippen molar-refractivity contribution < 1.29 is 53.1 Å². The zero-order valence-corrected chi connectivity index (χ0v) is 51.6. The predicted octanol–water partition coefficient (Wildman–Crippen LogP) is -1.07. The van der Waals surface area contributed by atoms with Gasteiger partial charge in [-0.05, 0) is 86.3 Å². The molecule has 8 rings (SSSR count). The first-order valence-electron chi connectivity index (χ1n) is 30.9. The molecule has 92 heavy (non-hydrogen) atoms. The van der Waals surface area contributed by atoms with Crippen LogP contribution in [0.2, 0.25) is 0 Å². The smallest absolute Gasteiger partial charge is 0.245 e. The molecule has 0 aliphatic carbocycles. The Morgan fingerprint density at radius 1 is 0.652 bits per heavy atom. The molecule has 9 atom stereocenters. The van der Waals surface area contributed by atoms with Crippen LogP contribution in [0.3, 0.4) is 0 Å². The quantitative estimate of drug-likeness (QED) is 0.0136. The summed E-state index contributed by atoms with van der Waals surface area (Å²) in [6, 6.07) is 6.19. The maximum Gasteiger partial charge on any atom is 0.245 e. The molecule has 29 nitrogen and oxygen atoms in total. The fraction of sp³-hybridized carbons (Fsp3) is 0.444. The van der Waals surface area contributed by atoms with Crippen LogP contribution in [0.15, 0.2) is 103 Å². The first-order valence-corrected chi connectivity index (χ1v) is 30.9. The lowest BCUT2D eigenvalue weighted by molar-refractivity contribution is -0.142. The second kappa shape index (κ2) is 32.5. The average Bonchev–Trinajstić information content (AvgIpc) is 2.32. The van der Waals surface area contributed by atoms with Crippen LogP contribution < -0.4 is 59.3 Å². The number of likely N-dealkylation sites (N-methyl/N-ethyl adjacent to an activating group) is 1. The lowest BCUT2D eigenvalue weighted by Crippen LogP contribution is -2.61. The number of nitrogens with one attached hydrogen (secondary N) is 12. The summed E-state index contributed by atoms with van der Waals surface area (Å²) in [5.74, 6) is -7.31. The number of amides is 10. The molecule has 29 heteroatoms. The van der Waals surface area contributed by atoms with Gasteiger partial charge in [0.25, 0.3) is 0 Å². The van der Waals surface area contributed by atoms with Crippen molar-refractivity contribution in [2.75, 3.05) is 26.2 Å². The Bertz CT molecular complexity index is 3590. The number of H-pyrrole nitrogens is 3. The highest BCUT2D eigenvalue weighted by atomic mass is 16.3. The number of carbonyl (C=O) groups excluding carboxylic acids is 10. The maximum atomic E-state index is 15.1.